The summed E-state index contributed by atoms with van der Waals surface area (Å²) < 4.78 is 26.6. The third-order valence-electron chi connectivity index (χ3n) is 4.92. The number of nitrogens with zero attached hydrogens (tertiary/aromatic N) is 1. The van der Waals surface area contributed by atoms with Crippen LogP contribution in [0.1, 0.15) is 38.5 Å². The second-order valence-electron chi connectivity index (χ2n) is 6.36. The molecule has 1 heterocycles. The Hall–Kier alpha value is -1.16. The Morgan fingerprint density at radius 3 is 2.57 bits per heavy atom. The maximum absolute atomic E-state index is 13.5. The molecule has 1 aliphatic heterocycles. The van der Waals surface area contributed by atoms with Crippen molar-refractivity contribution in [2.45, 2.75) is 44.6 Å². The van der Waals surface area contributed by atoms with Crippen molar-refractivity contribution < 1.29 is 8.78 Å². The molecule has 1 aromatic carbocycles. The van der Waals surface area contributed by atoms with E-state index in [0.717, 1.165) is 37.7 Å². The van der Waals surface area contributed by atoms with E-state index in [1.54, 1.807) is 6.07 Å². The molecule has 3 rings (SSSR count). The zero-order chi connectivity index (χ0) is 14.7. The predicted octanol–water partition coefficient (Wildman–Crippen LogP) is 3.71. The topological polar surface area (TPSA) is 15.3 Å². The van der Waals surface area contributed by atoms with Crippen molar-refractivity contribution >= 4 is 5.69 Å². The van der Waals surface area contributed by atoms with Crippen LogP contribution in [0.2, 0.25) is 0 Å². The number of nitrogens with one attached hydrogen (secondary N) is 1. The standard InChI is InChI=1S/C17H24F2N2/c18-15-8-7-14(11-16(15)19)21-10-4-9-20-17(12-21)13-5-2-1-3-6-13/h7-8,11,13,17,20H,1-6,9-10,12H2. The van der Waals surface area contributed by atoms with Crippen LogP contribution in [0.15, 0.2) is 18.2 Å². The van der Waals surface area contributed by atoms with E-state index in [2.05, 4.69) is 10.2 Å². The summed E-state index contributed by atoms with van der Waals surface area (Å²) >= 11 is 0. The van der Waals surface area contributed by atoms with Gasteiger partial charge in [-0.15, -0.1) is 0 Å². The lowest BCUT2D eigenvalue weighted by Crippen LogP contribution is -2.43. The van der Waals surface area contributed by atoms with Gasteiger partial charge >= 0.3 is 0 Å². The molecule has 2 aliphatic rings. The lowest BCUT2D eigenvalue weighted by Gasteiger charge is -2.33. The van der Waals surface area contributed by atoms with Gasteiger partial charge in [-0.3, -0.25) is 0 Å². The molecule has 0 radical (unpaired) electrons. The average Bonchev–Trinajstić information content (AvgIpc) is 2.77. The quantitative estimate of drug-likeness (QED) is 0.894. The Morgan fingerprint density at radius 1 is 1.00 bits per heavy atom. The van der Waals surface area contributed by atoms with Crippen molar-refractivity contribution in [3.8, 4) is 0 Å². The Kier molecular flexibility index (Phi) is 4.73. The largest absolute Gasteiger partial charge is 0.370 e. The van der Waals surface area contributed by atoms with Crippen LogP contribution in [-0.2, 0) is 0 Å². The number of hydrogen-bond acceptors (Lipinski definition) is 2. The van der Waals surface area contributed by atoms with Gasteiger partial charge in [-0.25, -0.2) is 8.78 Å². The maximum Gasteiger partial charge on any atom is 0.160 e. The molecule has 1 atom stereocenters. The van der Waals surface area contributed by atoms with Gasteiger partial charge in [0.1, 0.15) is 0 Å². The van der Waals surface area contributed by atoms with Gasteiger partial charge in [0.25, 0.3) is 0 Å². The Balaban J connectivity index is 1.73. The van der Waals surface area contributed by atoms with Crippen molar-refractivity contribution in [3.63, 3.8) is 0 Å². The fraction of sp³-hybridized carbons (Fsp3) is 0.647. The first-order valence-corrected chi connectivity index (χ1v) is 8.17. The smallest absolute Gasteiger partial charge is 0.160 e. The molecule has 116 valence electrons. The van der Waals surface area contributed by atoms with Gasteiger partial charge in [0.2, 0.25) is 0 Å². The van der Waals surface area contributed by atoms with Gasteiger partial charge < -0.3 is 10.2 Å². The summed E-state index contributed by atoms with van der Waals surface area (Å²) in [5, 5.41) is 3.67. The van der Waals surface area contributed by atoms with Crippen molar-refractivity contribution in [2.24, 2.45) is 5.92 Å². The Morgan fingerprint density at radius 2 is 1.81 bits per heavy atom. The zero-order valence-corrected chi connectivity index (χ0v) is 12.5. The first-order chi connectivity index (χ1) is 10.2. The molecule has 1 unspecified atom stereocenters. The molecule has 2 nitrogen and oxygen atoms in total. The summed E-state index contributed by atoms with van der Waals surface area (Å²) in [6.45, 7) is 2.82. The average molecular weight is 294 g/mol. The predicted molar refractivity (Wildman–Crippen MR) is 81.6 cm³/mol. The number of halogens is 2. The lowest BCUT2D eigenvalue weighted by atomic mass is 9.83. The van der Waals surface area contributed by atoms with E-state index >= 15 is 0 Å². The third kappa shape index (κ3) is 3.54. The van der Waals surface area contributed by atoms with Crippen molar-refractivity contribution in [2.75, 3.05) is 24.5 Å². The van der Waals surface area contributed by atoms with Crippen LogP contribution >= 0.6 is 0 Å². The fourth-order valence-electron chi connectivity index (χ4n) is 3.72. The monoisotopic (exact) mass is 294 g/mol. The summed E-state index contributed by atoms with van der Waals surface area (Å²) in [7, 11) is 0. The van der Waals surface area contributed by atoms with Crippen LogP contribution in [0.4, 0.5) is 14.5 Å². The summed E-state index contributed by atoms with van der Waals surface area (Å²) in [6, 6.07) is 4.74. The zero-order valence-electron chi connectivity index (χ0n) is 12.5. The summed E-state index contributed by atoms with van der Waals surface area (Å²) in [5.41, 5.74) is 0.804. The minimum absolute atomic E-state index is 0.473. The van der Waals surface area contributed by atoms with Gasteiger partial charge in [0.15, 0.2) is 11.6 Å². The molecular weight excluding hydrogens is 270 g/mol. The van der Waals surface area contributed by atoms with Crippen molar-refractivity contribution in [1.29, 1.82) is 0 Å². The van der Waals surface area contributed by atoms with E-state index in [1.807, 2.05) is 0 Å². The minimum Gasteiger partial charge on any atom is -0.370 e. The van der Waals surface area contributed by atoms with Crippen molar-refractivity contribution in [3.05, 3.63) is 29.8 Å². The molecule has 0 spiro atoms. The fourth-order valence-corrected chi connectivity index (χ4v) is 3.72. The maximum atomic E-state index is 13.5. The summed E-state index contributed by atoms with van der Waals surface area (Å²) in [4.78, 5) is 2.21. The van der Waals surface area contributed by atoms with E-state index in [9.17, 15) is 8.78 Å². The molecule has 1 saturated heterocycles. The van der Waals surface area contributed by atoms with Crippen LogP contribution in [0, 0.1) is 17.6 Å². The molecule has 0 aromatic heterocycles. The van der Waals surface area contributed by atoms with Gasteiger partial charge in [-0.1, -0.05) is 19.3 Å². The molecule has 1 saturated carbocycles. The van der Waals surface area contributed by atoms with Crippen molar-refractivity contribution in [1.82, 2.24) is 5.32 Å². The highest BCUT2D eigenvalue weighted by Gasteiger charge is 2.27. The molecule has 1 aliphatic carbocycles. The number of benzene rings is 1. The van der Waals surface area contributed by atoms with Crippen LogP contribution in [0.3, 0.4) is 0 Å². The molecule has 4 heteroatoms. The molecule has 1 N–H and O–H groups in total. The van der Waals surface area contributed by atoms with Gasteiger partial charge in [-0.2, -0.15) is 0 Å². The molecule has 0 bridgehead atoms. The van der Waals surface area contributed by atoms with Gasteiger partial charge in [-0.05, 0) is 43.9 Å². The van der Waals surface area contributed by atoms with E-state index < -0.39 is 11.6 Å². The van der Waals surface area contributed by atoms with Crippen LogP contribution in [0.25, 0.3) is 0 Å². The third-order valence-corrected chi connectivity index (χ3v) is 4.92. The lowest BCUT2D eigenvalue weighted by molar-refractivity contribution is 0.277. The Labute approximate surface area is 125 Å². The van der Waals surface area contributed by atoms with Crippen LogP contribution in [0.5, 0.6) is 0 Å². The molecule has 1 aromatic rings. The summed E-state index contributed by atoms with van der Waals surface area (Å²) in [6.07, 6.45) is 7.65. The SMILES string of the molecule is Fc1ccc(N2CCCNC(C3CCCCC3)C2)cc1F. The number of anilines is 1. The highest BCUT2D eigenvalue weighted by atomic mass is 19.2. The van der Waals surface area contributed by atoms with Gasteiger partial charge in [0.05, 0.1) is 0 Å². The van der Waals surface area contributed by atoms with E-state index in [4.69, 9.17) is 0 Å². The minimum atomic E-state index is -0.768. The number of rotatable bonds is 2. The normalized spacial score (nSPS) is 24.9. The molecule has 21 heavy (non-hydrogen) atoms. The first-order valence-electron chi connectivity index (χ1n) is 8.17. The van der Waals surface area contributed by atoms with Crippen LogP contribution < -0.4 is 10.2 Å². The molecule has 0 amide bonds. The molecular formula is C17H24F2N2. The number of hydrogen-bond donors (Lipinski definition) is 1. The second kappa shape index (κ2) is 6.73. The summed E-state index contributed by atoms with van der Waals surface area (Å²) in [5.74, 6) is -0.793. The highest BCUT2D eigenvalue weighted by Crippen LogP contribution is 2.29. The second-order valence-corrected chi connectivity index (χ2v) is 6.36. The van der Waals surface area contributed by atoms with E-state index in [0.29, 0.717) is 6.04 Å². The Bertz CT molecular complexity index is 472. The van der Waals surface area contributed by atoms with Crippen LogP contribution in [-0.4, -0.2) is 25.7 Å². The van der Waals surface area contributed by atoms with Gasteiger partial charge in [0, 0.05) is 30.9 Å². The van der Waals surface area contributed by atoms with E-state index in [1.165, 1.54) is 44.2 Å². The first kappa shape index (κ1) is 14.8. The highest BCUT2D eigenvalue weighted by molar-refractivity contribution is 5.47. The van der Waals surface area contributed by atoms with E-state index in [-0.39, 0.29) is 0 Å². The molecule has 2 fully saturated rings.